The molecule has 0 saturated carbocycles. The van der Waals surface area contributed by atoms with Crippen LogP contribution in [0.2, 0.25) is 0 Å². The lowest BCUT2D eigenvalue weighted by Crippen LogP contribution is -2.02. The molecule has 18 heavy (non-hydrogen) atoms. The minimum Gasteiger partial charge on any atom is -0.388 e. The molecule has 0 unspecified atom stereocenters. The third-order valence-corrected chi connectivity index (χ3v) is 3.18. The number of hydrogen-bond acceptors (Lipinski definition) is 2. The molecular weight excluding hydrogens is 222 g/mol. The molecule has 0 heterocycles. The van der Waals surface area contributed by atoms with E-state index in [1.807, 2.05) is 63.4 Å². The van der Waals surface area contributed by atoms with Gasteiger partial charge in [-0.05, 0) is 43.2 Å². The maximum Gasteiger partial charge on any atom is 0.193 e. The van der Waals surface area contributed by atoms with Crippen molar-refractivity contribution in [3.63, 3.8) is 0 Å². The van der Waals surface area contributed by atoms with E-state index < -0.39 is 0 Å². The molecule has 92 valence electrons. The molecule has 2 aromatic carbocycles. The van der Waals surface area contributed by atoms with E-state index >= 15 is 0 Å². The van der Waals surface area contributed by atoms with E-state index in [0.717, 1.165) is 16.8 Å². The number of aryl methyl sites for hydroxylation is 2. The molecule has 2 rings (SSSR count). The van der Waals surface area contributed by atoms with Gasteiger partial charge in [-0.1, -0.05) is 24.3 Å². The van der Waals surface area contributed by atoms with E-state index in [-0.39, 0.29) is 5.78 Å². The highest BCUT2D eigenvalue weighted by molar-refractivity contribution is 6.09. The van der Waals surface area contributed by atoms with Crippen molar-refractivity contribution in [1.82, 2.24) is 0 Å². The maximum atomic E-state index is 12.4. The topological polar surface area (TPSA) is 29.1 Å². The Balaban J connectivity index is 2.38. The van der Waals surface area contributed by atoms with Crippen LogP contribution in [0.5, 0.6) is 0 Å². The summed E-state index contributed by atoms with van der Waals surface area (Å²) < 4.78 is 0. The molecule has 1 N–H and O–H groups in total. The number of anilines is 1. The van der Waals surface area contributed by atoms with Crippen LogP contribution in [0.15, 0.2) is 42.5 Å². The van der Waals surface area contributed by atoms with Crippen molar-refractivity contribution in [1.29, 1.82) is 0 Å². The fraction of sp³-hybridized carbons (Fsp3) is 0.188. The molecule has 0 saturated heterocycles. The molecule has 0 amide bonds. The Morgan fingerprint density at radius 2 is 1.67 bits per heavy atom. The number of rotatable bonds is 3. The van der Waals surface area contributed by atoms with Gasteiger partial charge in [0.25, 0.3) is 0 Å². The van der Waals surface area contributed by atoms with E-state index in [0.29, 0.717) is 5.56 Å². The van der Waals surface area contributed by atoms with Crippen molar-refractivity contribution in [3.05, 3.63) is 64.7 Å². The second-order valence-corrected chi connectivity index (χ2v) is 4.46. The normalized spacial score (nSPS) is 10.2. The molecule has 0 radical (unpaired) electrons. The predicted molar refractivity (Wildman–Crippen MR) is 75.3 cm³/mol. The zero-order valence-electron chi connectivity index (χ0n) is 10.9. The average Bonchev–Trinajstić information content (AvgIpc) is 2.41. The van der Waals surface area contributed by atoms with E-state index in [2.05, 4.69) is 5.32 Å². The summed E-state index contributed by atoms with van der Waals surface area (Å²) >= 11 is 0. The number of hydrogen-bond donors (Lipinski definition) is 1. The molecule has 0 atom stereocenters. The minimum absolute atomic E-state index is 0.0650. The monoisotopic (exact) mass is 239 g/mol. The molecule has 0 spiro atoms. The van der Waals surface area contributed by atoms with Crippen LogP contribution in [0.25, 0.3) is 0 Å². The summed E-state index contributed by atoms with van der Waals surface area (Å²) in [5.41, 5.74) is 4.75. The first-order chi connectivity index (χ1) is 8.61. The highest BCUT2D eigenvalue weighted by Gasteiger charge is 2.10. The van der Waals surface area contributed by atoms with Crippen LogP contribution >= 0.6 is 0 Å². The average molecular weight is 239 g/mol. The molecule has 2 nitrogen and oxygen atoms in total. The van der Waals surface area contributed by atoms with Crippen LogP contribution in [0, 0.1) is 13.8 Å². The van der Waals surface area contributed by atoms with Gasteiger partial charge in [0.1, 0.15) is 0 Å². The van der Waals surface area contributed by atoms with Crippen molar-refractivity contribution >= 4 is 11.5 Å². The van der Waals surface area contributed by atoms with E-state index in [1.54, 1.807) is 0 Å². The van der Waals surface area contributed by atoms with E-state index in [9.17, 15) is 4.79 Å². The number of ketones is 1. The summed E-state index contributed by atoms with van der Waals surface area (Å²) in [6.45, 7) is 4.07. The lowest BCUT2D eigenvalue weighted by atomic mass is 9.99. The Kier molecular flexibility index (Phi) is 3.47. The Hall–Kier alpha value is -2.09. The van der Waals surface area contributed by atoms with Crippen molar-refractivity contribution in [3.8, 4) is 0 Å². The summed E-state index contributed by atoms with van der Waals surface area (Å²) in [4.78, 5) is 12.4. The number of carbonyl (C=O) groups is 1. The molecular formula is C16H17NO. The Morgan fingerprint density at radius 3 is 2.33 bits per heavy atom. The van der Waals surface area contributed by atoms with E-state index in [4.69, 9.17) is 0 Å². The fourth-order valence-electron chi connectivity index (χ4n) is 1.87. The van der Waals surface area contributed by atoms with Crippen molar-refractivity contribution in [2.45, 2.75) is 13.8 Å². The second-order valence-electron chi connectivity index (χ2n) is 4.46. The summed E-state index contributed by atoms with van der Waals surface area (Å²) in [7, 11) is 1.85. The Bertz CT molecular complexity index is 587. The third-order valence-electron chi connectivity index (χ3n) is 3.18. The zero-order chi connectivity index (χ0) is 13.1. The summed E-state index contributed by atoms with van der Waals surface area (Å²) in [5.74, 6) is 0.0650. The minimum atomic E-state index is 0.0650. The fourth-order valence-corrected chi connectivity index (χ4v) is 1.87. The molecule has 2 heteroatoms. The van der Waals surface area contributed by atoms with Crippen LogP contribution in [-0.2, 0) is 0 Å². The van der Waals surface area contributed by atoms with Gasteiger partial charge in [-0.2, -0.15) is 0 Å². The van der Waals surface area contributed by atoms with Crippen LogP contribution in [0.3, 0.4) is 0 Å². The highest BCUT2D eigenvalue weighted by Crippen LogP contribution is 2.17. The number of carbonyl (C=O) groups excluding carboxylic acids is 1. The lowest BCUT2D eigenvalue weighted by molar-refractivity contribution is 0.103. The van der Waals surface area contributed by atoms with Gasteiger partial charge in [0.05, 0.1) is 0 Å². The second kappa shape index (κ2) is 5.05. The number of nitrogens with one attached hydrogen (secondary N) is 1. The van der Waals surface area contributed by atoms with Crippen LogP contribution in [-0.4, -0.2) is 12.8 Å². The molecule has 2 aromatic rings. The van der Waals surface area contributed by atoms with Gasteiger partial charge < -0.3 is 5.32 Å². The first-order valence-electron chi connectivity index (χ1n) is 6.01. The molecule has 0 fully saturated rings. The molecule has 0 aliphatic heterocycles. The molecule has 0 aliphatic carbocycles. The zero-order valence-corrected chi connectivity index (χ0v) is 10.9. The largest absolute Gasteiger partial charge is 0.388 e. The van der Waals surface area contributed by atoms with Gasteiger partial charge in [0, 0.05) is 23.9 Å². The first kappa shape index (κ1) is 12.4. The molecule has 0 aromatic heterocycles. The predicted octanol–water partition coefficient (Wildman–Crippen LogP) is 3.58. The molecule has 0 aliphatic rings. The van der Waals surface area contributed by atoms with Crippen LogP contribution in [0.4, 0.5) is 5.69 Å². The summed E-state index contributed by atoms with van der Waals surface area (Å²) in [5, 5.41) is 3.04. The summed E-state index contributed by atoms with van der Waals surface area (Å²) in [6.07, 6.45) is 0. The quantitative estimate of drug-likeness (QED) is 0.829. The van der Waals surface area contributed by atoms with E-state index in [1.165, 1.54) is 5.56 Å². The van der Waals surface area contributed by atoms with Gasteiger partial charge in [0.2, 0.25) is 0 Å². The van der Waals surface area contributed by atoms with Gasteiger partial charge >= 0.3 is 0 Å². The standard InChI is InChI=1S/C16H17NO/c1-11-7-8-14(9-12(11)2)16(18)13-5-4-6-15(10-13)17-3/h4-10,17H,1-3H3. The Morgan fingerprint density at radius 1 is 0.944 bits per heavy atom. The SMILES string of the molecule is CNc1cccc(C(=O)c2ccc(C)c(C)c2)c1. The van der Waals surface area contributed by atoms with Crippen LogP contribution in [0.1, 0.15) is 27.0 Å². The van der Waals surface area contributed by atoms with Gasteiger partial charge in [0.15, 0.2) is 5.78 Å². The van der Waals surface area contributed by atoms with Crippen molar-refractivity contribution in [2.24, 2.45) is 0 Å². The van der Waals surface area contributed by atoms with Crippen molar-refractivity contribution < 1.29 is 4.79 Å². The van der Waals surface area contributed by atoms with Gasteiger partial charge in [-0.15, -0.1) is 0 Å². The Labute approximate surface area is 108 Å². The third kappa shape index (κ3) is 2.43. The van der Waals surface area contributed by atoms with Crippen molar-refractivity contribution in [2.75, 3.05) is 12.4 Å². The summed E-state index contributed by atoms with van der Waals surface area (Å²) in [6, 6.07) is 13.4. The first-order valence-corrected chi connectivity index (χ1v) is 6.01. The highest BCUT2D eigenvalue weighted by atomic mass is 16.1. The molecule has 0 bridgehead atoms. The maximum absolute atomic E-state index is 12.4. The van der Waals surface area contributed by atoms with Gasteiger partial charge in [-0.3, -0.25) is 4.79 Å². The lowest BCUT2D eigenvalue weighted by Gasteiger charge is -2.06. The smallest absolute Gasteiger partial charge is 0.193 e. The van der Waals surface area contributed by atoms with Crippen LogP contribution < -0.4 is 5.32 Å². The van der Waals surface area contributed by atoms with Gasteiger partial charge in [-0.25, -0.2) is 0 Å². The number of benzene rings is 2.